The highest BCUT2D eigenvalue weighted by molar-refractivity contribution is 9.10. The van der Waals surface area contributed by atoms with E-state index >= 15 is 0 Å². The fraction of sp³-hybridized carbons (Fsp3) is 0.100. The molecule has 116 valence electrons. The van der Waals surface area contributed by atoms with Crippen LogP contribution in [0.2, 0.25) is 0 Å². The van der Waals surface area contributed by atoms with Gasteiger partial charge in [-0.2, -0.15) is 0 Å². The second-order valence-corrected chi connectivity index (χ2v) is 6.24. The lowest BCUT2D eigenvalue weighted by atomic mass is 9.98. The van der Waals surface area contributed by atoms with Crippen molar-refractivity contribution >= 4 is 15.9 Å². The molecule has 0 N–H and O–H groups in total. The third kappa shape index (κ3) is 3.15. The van der Waals surface area contributed by atoms with Crippen LogP contribution in [0.4, 0.5) is 4.39 Å². The van der Waals surface area contributed by atoms with E-state index in [-0.39, 0.29) is 5.82 Å². The van der Waals surface area contributed by atoms with Crippen LogP contribution in [0, 0.1) is 12.7 Å². The van der Waals surface area contributed by atoms with E-state index in [1.54, 1.807) is 7.11 Å². The molecule has 3 aromatic rings. The summed E-state index contributed by atoms with van der Waals surface area (Å²) in [4.78, 5) is 0. The SMILES string of the molecule is COc1cc(-c2ccccc2)ccc1-c1c(F)cc(C)cc1Br. The summed E-state index contributed by atoms with van der Waals surface area (Å²) >= 11 is 3.47. The Kier molecular flexibility index (Phi) is 4.49. The maximum atomic E-state index is 14.5. The van der Waals surface area contributed by atoms with Gasteiger partial charge in [-0.1, -0.05) is 52.3 Å². The van der Waals surface area contributed by atoms with E-state index in [1.807, 2.05) is 61.5 Å². The number of rotatable bonds is 3. The molecule has 23 heavy (non-hydrogen) atoms. The van der Waals surface area contributed by atoms with Gasteiger partial charge in [0.1, 0.15) is 11.6 Å². The molecule has 0 atom stereocenters. The zero-order chi connectivity index (χ0) is 16.4. The summed E-state index contributed by atoms with van der Waals surface area (Å²) in [5, 5.41) is 0. The summed E-state index contributed by atoms with van der Waals surface area (Å²) in [5.74, 6) is 0.387. The topological polar surface area (TPSA) is 9.23 Å². The highest BCUT2D eigenvalue weighted by Gasteiger charge is 2.15. The molecule has 0 bridgehead atoms. The quantitative estimate of drug-likeness (QED) is 0.530. The predicted molar refractivity (Wildman–Crippen MR) is 96.3 cm³/mol. The highest BCUT2D eigenvalue weighted by atomic mass is 79.9. The Morgan fingerprint density at radius 3 is 2.30 bits per heavy atom. The van der Waals surface area contributed by atoms with Crippen LogP contribution in [0.15, 0.2) is 65.1 Å². The van der Waals surface area contributed by atoms with E-state index in [2.05, 4.69) is 15.9 Å². The van der Waals surface area contributed by atoms with Crippen molar-refractivity contribution in [3.8, 4) is 28.0 Å². The molecule has 0 aliphatic heterocycles. The predicted octanol–water partition coefficient (Wildman–Crippen LogP) is 6.24. The molecule has 3 heteroatoms. The van der Waals surface area contributed by atoms with Crippen LogP contribution in [-0.4, -0.2) is 7.11 Å². The average molecular weight is 371 g/mol. The van der Waals surface area contributed by atoms with Gasteiger partial charge >= 0.3 is 0 Å². The number of hydrogen-bond acceptors (Lipinski definition) is 1. The van der Waals surface area contributed by atoms with E-state index in [9.17, 15) is 4.39 Å². The summed E-state index contributed by atoms with van der Waals surface area (Å²) in [6.07, 6.45) is 0. The van der Waals surface area contributed by atoms with Crippen molar-refractivity contribution in [2.24, 2.45) is 0 Å². The van der Waals surface area contributed by atoms with Gasteiger partial charge in [0.2, 0.25) is 0 Å². The Labute approximate surface area is 143 Å². The first-order valence-electron chi connectivity index (χ1n) is 7.29. The van der Waals surface area contributed by atoms with Gasteiger partial charge in [-0.05, 0) is 47.9 Å². The van der Waals surface area contributed by atoms with Gasteiger partial charge in [-0.25, -0.2) is 4.39 Å². The van der Waals surface area contributed by atoms with Gasteiger partial charge in [0.05, 0.1) is 7.11 Å². The molecule has 0 aliphatic carbocycles. The molecule has 0 aromatic heterocycles. The number of ether oxygens (including phenoxy) is 1. The van der Waals surface area contributed by atoms with Crippen molar-refractivity contribution in [1.29, 1.82) is 0 Å². The van der Waals surface area contributed by atoms with E-state index in [0.717, 1.165) is 26.7 Å². The fourth-order valence-electron chi connectivity index (χ4n) is 2.67. The standard InChI is InChI=1S/C20H16BrFO/c1-13-10-17(21)20(18(22)11-13)16-9-8-15(12-19(16)23-2)14-6-4-3-5-7-14/h3-12H,1-2H3. The molecule has 1 nitrogen and oxygen atoms in total. The lowest BCUT2D eigenvalue weighted by Crippen LogP contribution is -1.93. The third-order valence-corrected chi connectivity index (χ3v) is 4.39. The Morgan fingerprint density at radius 2 is 1.65 bits per heavy atom. The van der Waals surface area contributed by atoms with Crippen molar-refractivity contribution in [1.82, 2.24) is 0 Å². The van der Waals surface area contributed by atoms with Crippen LogP contribution in [0.1, 0.15) is 5.56 Å². The number of benzene rings is 3. The van der Waals surface area contributed by atoms with Crippen molar-refractivity contribution in [2.75, 3.05) is 7.11 Å². The number of aryl methyl sites for hydroxylation is 1. The molecule has 0 unspecified atom stereocenters. The first-order chi connectivity index (χ1) is 11.1. The Balaban J connectivity index is 2.15. The minimum absolute atomic E-state index is 0.261. The zero-order valence-electron chi connectivity index (χ0n) is 12.9. The molecular weight excluding hydrogens is 355 g/mol. The monoisotopic (exact) mass is 370 g/mol. The van der Waals surface area contributed by atoms with Crippen LogP contribution in [0.25, 0.3) is 22.3 Å². The summed E-state index contributed by atoms with van der Waals surface area (Å²) in [6, 6.07) is 19.3. The van der Waals surface area contributed by atoms with E-state index in [4.69, 9.17) is 4.74 Å². The minimum Gasteiger partial charge on any atom is -0.496 e. The van der Waals surface area contributed by atoms with E-state index < -0.39 is 0 Å². The molecule has 0 saturated heterocycles. The average Bonchev–Trinajstić information content (AvgIpc) is 2.55. The first-order valence-corrected chi connectivity index (χ1v) is 8.09. The van der Waals surface area contributed by atoms with Gasteiger partial charge < -0.3 is 4.74 Å². The summed E-state index contributed by atoms with van der Waals surface area (Å²) in [6.45, 7) is 1.87. The Bertz CT molecular complexity index is 821. The number of methoxy groups -OCH3 is 1. The summed E-state index contributed by atoms with van der Waals surface area (Å²) in [7, 11) is 1.60. The van der Waals surface area contributed by atoms with Crippen molar-refractivity contribution in [2.45, 2.75) is 6.92 Å². The van der Waals surface area contributed by atoms with Crippen LogP contribution in [0.5, 0.6) is 5.75 Å². The van der Waals surface area contributed by atoms with E-state index in [0.29, 0.717) is 11.3 Å². The molecule has 0 radical (unpaired) electrons. The maximum Gasteiger partial charge on any atom is 0.132 e. The summed E-state index contributed by atoms with van der Waals surface area (Å²) < 4.78 is 20.7. The second-order valence-electron chi connectivity index (χ2n) is 5.38. The largest absolute Gasteiger partial charge is 0.496 e. The van der Waals surface area contributed by atoms with Crippen LogP contribution in [0.3, 0.4) is 0 Å². The first kappa shape index (κ1) is 15.8. The van der Waals surface area contributed by atoms with Crippen molar-refractivity contribution in [3.63, 3.8) is 0 Å². The molecule has 0 aliphatic rings. The molecule has 0 fully saturated rings. The number of hydrogen-bond donors (Lipinski definition) is 0. The summed E-state index contributed by atoms with van der Waals surface area (Å²) in [5.41, 5.74) is 4.26. The van der Waals surface area contributed by atoms with Crippen molar-refractivity contribution in [3.05, 3.63) is 76.5 Å². The minimum atomic E-state index is -0.261. The van der Waals surface area contributed by atoms with Crippen LogP contribution >= 0.6 is 15.9 Å². The smallest absolute Gasteiger partial charge is 0.132 e. The second kappa shape index (κ2) is 6.55. The van der Waals surface area contributed by atoms with E-state index in [1.165, 1.54) is 6.07 Å². The number of halogens is 2. The zero-order valence-corrected chi connectivity index (χ0v) is 14.5. The van der Waals surface area contributed by atoms with Gasteiger partial charge in [-0.15, -0.1) is 0 Å². The maximum absolute atomic E-state index is 14.5. The Hall–Kier alpha value is -2.13. The molecule has 0 spiro atoms. The van der Waals surface area contributed by atoms with Crippen molar-refractivity contribution < 1.29 is 9.13 Å². The fourth-order valence-corrected chi connectivity index (χ4v) is 3.43. The van der Waals surface area contributed by atoms with Gasteiger partial charge in [0.25, 0.3) is 0 Å². The molecule has 0 heterocycles. The van der Waals surface area contributed by atoms with Gasteiger partial charge in [-0.3, -0.25) is 0 Å². The molecule has 3 rings (SSSR count). The van der Waals surface area contributed by atoms with Gasteiger partial charge in [0, 0.05) is 15.6 Å². The lowest BCUT2D eigenvalue weighted by Gasteiger charge is -2.14. The molecule has 0 saturated carbocycles. The Morgan fingerprint density at radius 1 is 0.913 bits per heavy atom. The lowest BCUT2D eigenvalue weighted by molar-refractivity contribution is 0.416. The van der Waals surface area contributed by atoms with Crippen LogP contribution < -0.4 is 4.74 Å². The highest BCUT2D eigenvalue weighted by Crippen LogP contribution is 2.39. The molecule has 0 amide bonds. The third-order valence-electron chi connectivity index (χ3n) is 3.76. The normalized spacial score (nSPS) is 10.6. The van der Waals surface area contributed by atoms with Crippen LogP contribution in [-0.2, 0) is 0 Å². The molecule has 3 aromatic carbocycles. The van der Waals surface area contributed by atoms with Gasteiger partial charge in [0.15, 0.2) is 0 Å². The molecular formula is C20H16BrFO.